The molecule has 6 heteroatoms. The molecule has 138 valence electrons. The van der Waals surface area contributed by atoms with Crippen molar-refractivity contribution in [2.75, 3.05) is 17.7 Å². The molecule has 1 aliphatic rings. The van der Waals surface area contributed by atoms with E-state index in [0.717, 1.165) is 0 Å². The van der Waals surface area contributed by atoms with Crippen LogP contribution in [-0.4, -0.2) is 35.1 Å². The van der Waals surface area contributed by atoms with Crippen molar-refractivity contribution in [1.29, 1.82) is 0 Å². The second-order valence-electron chi connectivity index (χ2n) is 6.56. The largest absolute Gasteiger partial charge is 0.357 e. The number of allylic oxidation sites excluding steroid dienone is 1. The predicted molar refractivity (Wildman–Crippen MR) is 104 cm³/mol. The average Bonchev–Trinajstić information content (AvgIpc) is 2.84. The van der Waals surface area contributed by atoms with Crippen molar-refractivity contribution in [3.8, 4) is 0 Å². The number of Topliss-reactive ketones (excluding diaryl/α,β-unsaturated/α-hetero) is 1. The van der Waals surface area contributed by atoms with Gasteiger partial charge < -0.3 is 15.5 Å². The first-order valence-corrected chi connectivity index (χ1v) is 8.58. The molecule has 0 aliphatic carbocycles. The number of carbonyl (C=O) groups excluding carboxylic acids is 3. The number of nitrogens with zero attached hydrogens (tertiary/aromatic N) is 1. The zero-order valence-corrected chi connectivity index (χ0v) is 15.4. The third-order valence-electron chi connectivity index (χ3n) is 4.94. The van der Waals surface area contributed by atoms with Gasteiger partial charge in [-0.15, -0.1) is 0 Å². The number of hydrogen-bond acceptors (Lipinski definition) is 4. The van der Waals surface area contributed by atoms with Crippen molar-refractivity contribution < 1.29 is 14.4 Å². The first-order valence-electron chi connectivity index (χ1n) is 8.58. The summed E-state index contributed by atoms with van der Waals surface area (Å²) in [5.41, 5.74) is 0.125. The number of rotatable bonds is 4. The first kappa shape index (κ1) is 18.4. The van der Waals surface area contributed by atoms with E-state index in [4.69, 9.17) is 0 Å². The molecule has 0 spiro atoms. The van der Waals surface area contributed by atoms with Crippen LogP contribution in [0.1, 0.15) is 13.8 Å². The summed E-state index contributed by atoms with van der Waals surface area (Å²) in [6.45, 7) is 3.19. The summed E-state index contributed by atoms with van der Waals surface area (Å²) in [4.78, 5) is 40.2. The SMILES string of the molecule is CC1=C(C(=O)Nc2ccccc2)C(=O)C(C)(C(=O)Nc2ccccc2)N1C. The van der Waals surface area contributed by atoms with E-state index in [-0.39, 0.29) is 5.57 Å². The summed E-state index contributed by atoms with van der Waals surface area (Å²) in [7, 11) is 1.64. The van der Waals surface area contributed by atoms with Crippen LogP contribution in [0.5, 0.6) is 0 Å². The lowest BCUT2D eigenvalue weighted by atomic mass is 9.92. The van der Waals surface area contributed by atoms with Crippen molar-refractivity contribution in [1.82, 2.24) is 4.90 Å². The lowest BCUT2D eigenvalue weighted by Crippen LogP contribution is -2.54. The minimum absolute atomic E-state index is 0.00735. The van der Waals surface area contributed by atoms with Gasteiger partial charge in [0.25, 0.3) is 11.8 Å². The molecular weight excluding hydrogens is 342 g/mol. The van der Waals surface area contributed by atoms with E-state index in [1.54, 1.807) is 67.4 Å². The Labute approximate surface area is 157 Å². The molecule has 2 aromatic carbocycles. The topological polar surface area (TPSA) is 78.5 Å². The highest BCUT2D eigenvalue weighted by molar-refractivity contribution is 6.34. The molecule has 0 bridgehead atoms. The van der Waals surface area contributed by atoms with Gasteiger partial charge in [0.05, 0.1) is 0 Å². The van der Waals surface area contributed by atoms with Gasteiger partial charge in [0.15, 0.2) is 5.54 Å². The zero-order chi connectivity index (χ0) is 19.6. The van der Waals surface area contributed by atoms with Gasteiger partial charge in [0.2, 0.25) is 5.78 Å². The van der Waals surface area contributed by atoms with Gasteiger partial charge in [-0.25, -0.2) is 0 Å². The highest BCUT2D eigenvalue weighted by Gasteiger charge is 2.53. The molecule has 0 radical (unpaired) electrons. The van der Waals surface area contributed by atoms with Crippen LogP contribution in [-0.2, 0) is 14.4 Å². The van der Waals surface area contributed by atoms with Gasteiger partial charge in [0.1, 0.15) is 5.57 Å². The van der Waals surface area contributed by atoms with Gasteiger partial charge in [-0.2, -0.15) is 0 Å². The fourth-order valence-electron chi connectivity index (χ4n) is 3.08. The summed E-state index contributed by atoms with van der Waals surface area (Å²) >= 11 is 0. The number of likely N-dealkylation sites (N-methyl/N-ethyl adjacent to an activating group) is 1. The Kier molecular flexibility index (Phi) is 4.81. The molecule has 0 saturated heterocycles. The number of anilines is 2. The molecule has 1 heterocycles. The van der Waals surface area contributed by atoms with Crippen molar-refractivity contribution in [2.45, 2.75) is 19.4 Å². The smallest absolute Gasteiger partial charge is 0.261 e. The number of carbonyl (C=O) groups is 3. The Bertz CT molecular complexity index is 922. The van der Waals surface area contributed by atoms with Crippen LogP contribution in [0.25, 0.3) is 0 Å². The van der Waals surface area contributed by atoms with E-state index in [1.807, 2.05) is 12.1 Å². The first-order chi connectivity index (χ1) is 12.9. The molecule has 1 unspecified atom stereocenters. The minimum atomic E-state index is -1.50. The van der Waals surface area contributed by atoms with E-state index in [9.17, 15) is 14.4 Å². The molecule has 2 N–H and O–H groups in total. The van der Waals surface area contributed by atoms with Gasteiger partial charge >= 0.3 is 0 Å². The Morgan fingerprint density at radius 2 is 1.37 bits per heavy atom. The van der Waals surface area contributed by atoms with Crippen molar-refractivity contribution in [2.24, 2.45) is 0 Å². The summed E-state index contributed by atoms with van der Waals surface area (Å²) in [6, 6.07) is 17.8. The Balaban J connectivity index is 1.85. The van der Waals surface area contributed by atoms with Crippen LogP contribution in [0.15, 0.2) is 71.9 Å². The molecule has 3 rings (SSSR count). The quantitative estimate of drug-likeness (QED) is 0.647. The van der Waals surface area contributed by atoms with Crippen LogP contribution in [0.4, 0.5) is 11.4 Å². The number of amides is 2. The van der Waals surface area contributed by atoms with Crippen LogP contribution in [0.2, 0.25) is 0 Å². The van der Waals surface area contributed by atoms with Crippen LogP contribution in [0.3, 0.4) is 0 Å². The summed E-state index contributed by atoms with van der Waals surface area (Å²) in [5.74, 6) is -1.53. The van der Waals surface area contributed by atoms with Gasteiger partial charge in [0, 0.05) is 24.1 Å². The summed E-state index contributed by atoms with van der Waals surface area (Å²) in [5, 5.41) is 5.47. The van der Waals surface area contributed by atoms with E-state index in [1.165, 1.54) is 6.92 Å². The van der Waals surface area contributed by atoms with Crippen LogP contribution in [0, 0.1) is 0 Å². The number of ketones is 1. The molecule has 0 saturated carbocycles. The van der Waals surface area contributed by atoms with Crippen LogP contribution >= 0.6 is 0 Å². The highest BCUT2D eigenvalue weighted by atomic mass is 16.2. The number of benzene rings is 2. The number of hydrogen-bond donors (Lipinski definition) is 2. The average molecular weight is 363 g/mol. The van der Waals surface area contributed by atoms with Gasteiger partial charge in [-0.3, -0.25) is 14.4 Å². The number of para-hydroxylation sites is 2. The maximum atomic E-state index is 13.1. The lowest BCUT2D eigenvalue weighted by molar-refractivity contribution is -0.134. The molecule has 0 aromatic heterocycles. The fraction of sp³-hybridized carbons (Fsp3) is 0.190. The Morgan fingerprint density at radius 3 is 1.89 bits per heavy atom. The van der Waals surface area contributed by atoms with Gasteiger partial charge in [-0.1, -0.05) is 36.4 Å². The molecular formula is C21H21N3O3. The minimum Gasteiger partial charge on any atom is -0.357 e. The lowest BCUT2D eigenvalue weighted by Gasteiger charge is -2.32. The molecule has 1 aliphatic heterocycles. The predicted octanol–water partition coefficient (Wildman–Crippen LogP) is 2.81. The monoisotopic (exact) mass is 363 g/mol. The molecule has 0 fully saturated rings. The van der Waals surface area contributed by atoms with E-state index >= 15 is 0 Å². The molecule has 6 nitrogen and oxygen atoms in total. The van der Waals surface area contributed by atoms with Gasteiger partial charge in [-0.05, 0) is 38.1 Å². The third-order valence-corrected chi connectivity index (χ3v) is 4.94. The van der Waals surface area contributed by atoms with Crippen LogP contribution < -0.4 is 10.6 Å². The summed E-state index contributed by atoms with van der Waals surface area (Å²) < 4.78 is 0. The summed E-state index contributed by atoms with van der Waals surface area (Å²) in [6.07, 6.45) is 0. The molecule has 2 aromatic rings. The van der Waals surface area contributed by atoms with Crippen molar-refractivity contribution in [3.05, 3.63) is 71.9 Å². The van der Waals surface area contributed by atoms with E-state index in [0.29, 0.717) is 17.1 Å². The standard InChI is InChI=1S/C21H21N3O3/c1-14-17(19(26)22-15-10-6-4-7-11-15)18(25)21(2,24(14)3)20(27)23-16-12-8-5-9-13-16/h4-13H,1-3H3,(H,22,26)(H,23,27). The van der Waals surface area contributed by atoms with Crippen molar-refractivity contribution in [3.63, 3.8) is 0 Å². The third kappa shape index (κ3) is 3.21. The normalized spacial score (nSPS) is 19.2. The maximum absolute atomic E-state index is 13.1. The maximum Gasteiger partial charge on any atom is 0.261 e. The molecule has 1 atom stereocenters. The second-order valence-corrected chi connectivity index (χ2v) is 6.56. The zero-order valence-electron chi connectivity index (χ0n) is 15.4. The Morgan fingerprint density at radius 1 is 0.889 bits per heavy atom. The Hall–Kier alpha value is -3.41. The van der Waals surface area contributed by atoms with E-state index in [2.05, 4.69) is 10.6 Å². The number of nitrogens with one attached hydrogen (secondary N) is 2. The fourth-order valence-corrected chi connectivity index (χ4v) is 3.08. The molecule has 2 amide bonds. The second kappa shape index (κ2) is 7.07. The van der Waals surface area contributed by atoms with Crippen molar-refractivity contribution >= 4 is 29.0 Å². The molecule has 27 heavy (non-hydrogen) atoms. The highest BCUT2D eigenvalue weighted by Crippen LogP contribution is 2.34. The van der Waals surface area contributed by atoms with E-state index < -0.39 is 23.1 Å².